The van der Waals surface area contributed by atoms with Crippen molar-refractivity contribution < 1.29 is 22.8 Å². The number of urea groups is 1. The van der Waals surface area contributed by atoms with Crippen molar-refractivity contribution >= 4 is 27.7 Å². The first-order valence-electron chi connectivity index (χ1n) is 9.65. The van der Waals surface area contributed by atoms with Crippen molar-refractivity contribution in [2.24, 2.45) is 0 Å². The van der Waals surface area contributed by atoms with Crippen molar-refractivity contribution in [3.8, 4) is 0 Å². The van der Waals surface area contributed by atoms with Gasteiger partial charge in [0.1, 0.15) is 12.1 Å². The lowest BCUT2D eigenvalue weighted by molar-refractivity contribution is -0.139. The van der Waals surface area contributed by atoms with Gasteiger partial charge >= 0.3 is 6.03 Å². The van der Waals surface area contributed by atoms with E-state index in [1.165, 1.54) is 11.9 Å². The van der Waals surface area contributed by atoms with Crippen LogP contribution in [-0.4, -0.2) is 67.2 Å². The van der Waals surface area contributed by atoms with Crippen LogP contribution in [0.1, 0.15) is 44.2 Å². The van der Waals surface area contributed by atoms with E-state index in [1.807, 2.05) is 24.3 Å². The Morgan fingerprint density at radius 2 is 1.90 bits per heavy atom. The molecule has 0 saturated carbocycles. The number of sulfone groups is 1. The molecule has 4 amide bonds. The first-order chi connectivity index (χ1) is 13.4. The summed E-state index contributed by atoms with van der Waals surface area (Å²) in [6.07, 6.45) is 0.366. The average Bonchev–Trinajstić information content (AvgIpc) is 3.13. The Morgan fingerprint density at radius 3 is 2.41 bits per heavy atom. The Kier molecular flexibility index (Phi) is 5.46. The predicted octanol–water partition coefficient (Wildman–Crippen LogP) is 1.22. The van der Waals surface area contributed by atoms with Crippen LogP contribution in [-0.2, 0) is 25.0 Å². The van der Waals surface area contributed by atoms with Crippen LogP contribution in [0.15, 0.2) is 24.3 Å². The Morgan fingerprint density at radius 1 is 1.28 bits per heavy atom. The lowest BCUT2D eigenvalue weighted by Gasteiger charge is -2.26. The summed E-state index contributed by atoms with van der Waals surface area (Å²) in [7, 11) is -1.63. The molecule has 3 rings (SSSR count). The molecule has 2 atom stereocenters. The predicted molar refractivity (Wildman–Crippen MR) is 108 cm³/mol. The quantitative estimate of drug-likeness (QED) is 0.720. The second kappa shape index (κ2) is 7.44. The van der Waals surface area contributed by atoms with Crippen LogP contribution in [0.2, 0.25) is 0 Å². The molecule has 29 heavy (non-hydrogen) atoms. The van der Waals surface area contributed by atoms with E-state index in [0.29, 0.717) is 17.9 Å². The minimum Gasteiger partial charge on any atom is -0.340 e. The molecule has 2 fully saturated rings. The van der Waals surface area contributed by atoms with Crippen LogP contribution >= 0.6 is 0 Å². The average molecular weight is 422 g/mol. The summed E-state index contributed by atoms with van der Waals surface area (Å²) in [5, 5.41) is 2.69. The molecule has 2 aliphatic rings. The van der Waals surface area contributed by atoms with Gasteiger partial charge in [-0.3, -0.25) is 14.5 Å². The number of amides is 4. The third-order valence-electron chi connectivity index (χ3n) is 5.87. The molecule has 158 valence electrons. The van der Waals surface area contributed by atoms with Crippen LogP contribution in [0.5, 0.6) is 0 Å². The Balaban J connectivity index is 1.74. The molecule has 0 spiro atoms. The van der Waals surface area contributed by atoms with E-state index >= 15 is 0 Å². The highest BCUT2D eigenvalue weighted by Gasteiger charge is 2.50. The van der Waals surface area contributed by atoms with Crippen LogP contribution in [0, 0.1) is 0 Å². The van der Waals surface area contributed by atoms with Gasteiger partial charge in [0.15, 0.2) is 9.84 Å². The van der Waals surface area contributed by atoms with E-state index < -0.39 is 45.8 Å². The number of benzene rings is 1. The second-order valence-electron chi connectivity index (χ2n) is 8.28. The summed E-state index contributed by atoms with van der Waals surface area (Å²) in [5.41, 5.74) is 0.516. The van der Waals surface area contributed by atoms with Gasteiger partial charge in [-0.25, -0.2) is 13.2 Å². The molecule has 0 aromatic heterocycles. The first kappa shape index (κ1) is 21.3. The fraction of sp³-hybridized carbons (Fsp3) is 0.550. The summed E-state index contributed by atoms with van der Waals surface area (Å²) in [6.45, 7) is 5.34. The Hall–Kier alpha value is -2.42. The summed E-state index contributed by atoms with van der Waals surface area (Å²) < 4.78 is 23.3. The zero-order valence-corrected chi connectivity index (χ0v) is 18.0. The normalized spacial score (nSPS) is 26.1. The highest BCUT2D eigenvalue weighted by Crippen LogP contribution is 2.30. The molecule has 0 radical (unpaired) electrons. The minimum atomic E-state index is -3.14. The van der Waals surface area contributed by atoms with Gasteiger partial charge in [-0.05, 0) is 30.4 Å². The maximum atomic E-state index is 13.0. The smallest absolute Gasteiger partial charge is 0.325 e. The molecule has 2 heterocycles. The number of carbonyl (C=O) groups excluding carboxylic acids is 3. The number of imide groups is 1. The number of nitrogens with one attached hydrogen (secondary N) is 1. The number of hydrogen-bond acceptors (Lipinski definition) is 5. The number of rotatable bonds is 5. The number of nitrogens with zero attached hydrogens (tertiary/aromatic N) is 2. The molecule has 1 N–H and O–H groups in total. The van der Waals surface area contributed by atoms with E-state index in [2.05, 4.69) is 19.2 Å². The van der Waals surface area contributed by atoms with E-state index in [9.17, 15) is 22.8 Å². The maximum Gasteiger partial charge on any atom is 0.325 e. The van der Waals surface area contributed by atoms with Gasteiger partial charge in [0.05, 0.1) is 11.5 Å². The van der Waals surface area contributed by atoms with Crippen molar-refractivity contribution in [3.05, 3.63) is 35.4 Å². The Labute approximate surface area is 171 Å². The zero-order chi connectivity index (χ0) is 21.6. The summed E-state index contributed by atoms with van der Waals surface area (Å²) >= 11 is 0. The van der Waals surface area contributed by atoms with Gasteiger partial charge in [-0.1, -0.05) is 38.1 Å². The SMILES string of the molecule is CC(C)c1ccc([C@]2(C)NC(=O)N(CC(=O)N(C)[C@@H]3CCS(=O)(=O)C3)C2=O)cc1. The molecule has 0 aliphatic carbocycles. The van der Waals surface area contributed by atoms with Gasteiger partial charge < -0.3 is 10.2 Å². The Bertz CT molecular complexity index is 941. The lowest BCUT2D eigenvalue weighted by atomic mass is 9.90. The molecular weight excluding hydrogens is 394 g/mol. The molecule has 1 aromatic carbocycles. The molecule has 1 aromatic rings. The van der Waals surface area contributed by atoms with Crippen molar-refractivity contribution in [2.45, 2.75) is 44.7 Å². The summed E-state index contributed by atoms with van der Waals surface area (Å²) in [5.74, 6) is -0.664. The molecule has 0 bridgehead atoms. The van der Waals surface area contributed by atoms with Gasteiger partial charge in [0, 0.05) is 13.1 Å². The lowest BCUT2D eigenvalue weighted by Crippen LogP contribution is -2.46. The molecule has 2 saturated heterocycles. The van der Waals surface area contributed by atoms with Gasteiger partial charge in [0.2, 0.25) is 5.91 Å². The maximum absolute atomic E-state index is 13.0. The summed E-state index contributed by atoms with van der Waals surface area (Å²) in [6, 6.07) is 6.41. The second-order valence-corrected chi connectivity index (χ2v) is 10.5. The molecule has 8 nitrogen and oxygen atoms in total. The fourth-order valence-corrected chi connectivity index (χ4v) is 5.54. The highest BCUT2D eigenvalue weighted by molar-refractivity contribution is 7.91. The van der Waals surface area contributed by atoms with Crippen molar-refractivity contribution in [3.63, 3.8) is 0 Å². The van der Waals surface area contributed by atoms with Crippen LogP contribution < -0.4 is 5.32 Å². The van der Waals surface area contributed by atoms with Crippen LogP contribution in [0.25, 0.3) is 0 Å². The van der Waals surface area contributed by atoms with E-state index in [0.717, 1.165) is 10.5 Å². The monoisotopic (exact) mass is 421 g/mol. The largest absolute Gasteiger partial charge is 0.340 e. The minimum absolute atomic E-state index is 0.0445. The molecule has 9 heteroatoms. The van der Waals surface area contributed by atoms with Crippen molar-refractivity contribution in [1.82, 2.24) is 15.1 Å². The first-order valence-corrected chi connectivity index (χ1v) is 11.5. The third kappa shape index (κ3) is 4.01. The van der Waals surface area contributed by atoms with Gasteiger partial charge in [0.25, 0.3) is 5.91 Å². The molecule has 0 unspecified atom stereocenters. The van der Waals surface area contributed by atoms with Crippen molar-refractivity contribution in [2.75, 3.05) is 25.1 Å². The molecule has 2 aliphatic heterocycles. The van der Waals surface area contributed by atoms with Crippen molar-refractivity contribution in [1.29, 1.82) is 0 Å². The topological polar surface area (TPSA) is 104 Å². The standard InChI is InChI=1S/C20H27N3O5S/c1-13(2)14-5-7-15(8-6-14)20(3)18(25)23(19(26)21-20)11-17(24)22(4)16-9-10-29(27,28)12-16/h5-8,13,16H,9-12H2,1-4H3,(H,21,26)/t16-,20+/m1/s1. The third-order valence-corrected chi connectivity index (χ3v) is 7.62. The highest BCUT2D eigenvalue weighted by atomic mass is 32.2. The van der Waals surface area contributed by atoms with Gasteiger partial charge in [-0.15, -0.1) is 0 Å². The zero-order valence-electron chi connectivity index (χ0n) is 17.1. The summed E-state index contributed by atoms with van der Waals surface area (Å²) in [4.78, 5) is 40.3. The van der Waals surface area contributed by atoms with E-state index in [4.69, 9.17) is 0 Å². The molecular formula is C20H27N3O5S. The van der Waals surface area contributed by atoms with E-state index in [-0.39, 0.29) is 11.5 Å². The number of hydrogen-bond donors (Lipinski definition) is 1. The van der Waals surface area contributed by atoms with E-state index in [1.54, 1.807) is 6.92 Å². The fourth-order valence-electron chi connectivity index (χ4n) is 3.77. The van der Waals surface area contributed by atoms with Crippen LogP contribution in [0.3, 0.4) is 0 Å². The van der Waals surface area contributed by atoms with Crippen LogP contribution in [0.4, 0.5) is 4.79 Å². The number of carbonyl (C=O) groups is 3. The van der Waals surface area contributed by atoms with Gasteiger partial charge in [-0.2, -0.15) is 0 Å². The number of likely N-dealkylation sites (N-methyl/N-ethyl adjacent to an activating group) is 1.